The monoisotopic (exact) mass is 698 g/mol. The van der Waals surface area contributed by atoms with Gasteiger partial charge in [-0.05, 0) is 137 Å². The Hall–Kier alpha value is -4.62. The fraction of sp³-hybridized carbons (Fsp3) is 0.182. The van der Waals surface area contributed by atoms with E-state index in [-0.39, 0.29) is 0 Å². The molecule has 6 rings (SSSR count). The highest BCUT2D eigenvalue weighted by Gasteiger charge is 2.22. The smallest absolute Gasteiger partial charge is 0.326 e. The van der Waals surface area contributed by atoms with E-state index < -0.39 is 16.8 Å². The Morgan fingerprint density at radius 2 is 0.540 bits per heavy atom. The fourth-order valence-electron chi connectivity index (χ4n) is 5.76. The van der Waals surface area contributed by atoms with Gasteiger partial charge in [-0.25, -0.2) is 0 Å². The van der Waals surface area contributed by atoms with Crippen molar-refractivity contribution in [3.63, 3.8) is 0 Å². The van der Waals surface area contributed by atoms with Crippen LogP contribution in [0.15, 0.2) is 121 Å². The molecule has 0 aromatic heterocycles. The molecule has 6 aromatic carbocycles. The molecule has 0 N–H and O–H groups in total. The van der Waals surface area contributed by atoms with Crippen LogP contribution in [-0.4, -0.2) is 0 Å². The van der Waals surface area contributed by atoms with Gasteiger partial charge in [0.2, 0.25) is 0 Å². The third-order valence-corrected chi connectivity index (χ3v) is 11.4. The first-order valence-corrected chi connectivity index (χ1v) is 19.2. The van der Waals surface area contributed by atoms with Crippen molar-refractivity contribution in [3.05, 3.63) is 166 Å². The minimum Gasteiger partial charge on any atom is -0.435 e. The summed E-state index contributed by atoms with van der Waals surface area (Å²) in [7, 11) is -2.89. The van der Waals surface area contributed by atoms with E-state index in [1.165, 1.54) is 22.3 Å². The molecule has 0 heterocycles. The maximum absolute atomic E-state index is 6.61. The van der Waals surface area contributed by atoms with Crippen LogP contribution in [0.25, 0.3) is 11.1 Å². The number of hydrogen-bond donors (Lipinski definition) is 0. The van der Waals surface area contributed by atoms with Crippen molar-refractivity contribution >= 4 is 27.4 Å². The largest absolute Gasteiger partial charge is 0.435 e. The van der Waals surface area contributed by atoms with E-state index in [9.17, 15) is 0 Å². The average molecular weight is 699 g/mol. The van der Waals surface area contributed by atoms with Crippen LogP contribution in [0.1, 0.15) is 44.5 Å². The molecule has 0 radical (unpaired) electrons. The first kappa shape index (κ1) is 35.2. The summed E-state index contributed by atoms with van der Waals surface area (Å²) in [5.74, 6) is 3.31. The molecule has 6 heteroatoms. The molecule has 0 fully saturated rings. The molecule has 0 amide bonds. The van der Waals surface area contributed by atoms with Gasteiger partial charge in [0.25, 0.3) is 0 Å². The maximum atomic E-state index is 6.61. The number of benzene rings is 6. The van der Waals surface area contributed by atoms with Crippen molar-refractivity contribution in [2.75, 3.05) is 0 Å². The second-order valence-corrected chi connectivity index (χ2v) is 15.8. The van der Waals surface area contributed by atoms with Gasteiger partial charge in [0, 0.05) is 0 Å². The molecule has 254 valence electrons. The molecule has 0 bridgehead atoms. The van der Waals surface area contributed by atoms with Crippen LogP contribution in [0.3, 0.4) is 0 Å². The molecular weight excluding hydrogens is 654 g/mol. The van der Waals surface area contributed by atoms with E-state index in [2.05, 4.69) is 152 Å². The van der Waals surface area contributed by atoms with E-state index in [4.69, 9.17) is 18.1 Å². The van der Waals surface area contributed by atoms with Gasteiger partial charge in [-0.15, -0.1) is 0 Å². The highest BCUT2D eigenvalue weighted by molar-refractivity contribution is 7.57. The molecule has 0 aliphatic heterocycles. The normalized spacial score (nSPS) is 11.2. The molecule has 50 heavy (non-hydrogen) atoms. The van der Waals surface area contributed by atoms with Crippen molar-refractivity contribution in [1.29, 1.82) is 0 Å². The Morgan fingerprint density at radius 1 is 0.300 bits per heavy atom. The predicted octanol–water partition coefficient (Wildman–Crippen LogP) is 12.0. The van der Waals surface area contributed by atoms with Crippen LogP contribution < -0.4 is 28.7 Å². The Morgan fingerprint density at radius 3 is 0.760 bits per heavy atom. The van der Waals surface area contributed by atoms with E-state index in [1.54, 1.807) is 0 Å². The average Bonchev–Trinajstić information content (AvgIpc) is 3.08. The van der Waals surface area contributed by atoms with Gasteiger partial charge < -0.3 is 18.1 Å². The van der Waals surface area contributed by atoms with Crippen LogP contribution in [0.4, 0.5) is 0 Å². The molecule has 0 atom stereocenters. The minimum atomic E-state index is -1.44. The van der Waals surface area contributed by atoms with Crippen molar-refractivity contribution in [3.8, 4) is 34.1 Å². The summed E-state index contributed by atoms with van der Waals surface area (Å²) in [6.07, 6.45) is 0. The summed E-state index contributed by atoms with van der Waals surface area (Å²) < 4.78 is 26.4. The van der Waals surface area contributed by atoms with Gasteiger partial charge >= 0.3 is 16.8 Å². The third-order valence-electron chi connectivity index (χ3n) is 8.54. The molecule has 0 aliphatic carbocycles. The standard InChI is InChI=1S/C44H44O4P2/c1-29-9-21-41(33(5)25-29)45-49(46-42-22-10-30(2)26-34(42)6)39-17-13-37(14-18-39)38-15-19-40(20-16-38)50(47-43-23-11-31(3)27-35(43)7)48-44-24-12-32(4)28-36(44)8/h9-28H,1-8H3. The number of hydrogen-bond acceptors (Lipinski definition) is 4. The lowest BCUT2D eigenvalue weighted by Crippen LogP contribution is -2.11. The Bertz CT molecular complexity index is 1850. The first-order valence-electron chi connectivity index (χ1n) is 16.8. The second kappa shape index (κ2) is 15.5. The summed E-state index contributed by atoms with van der Waals surface area (Å²) in [4.78, 5) is 0. The molecule has 0 saturated heterocycles. The van der Waals surface area contributed by atoms with E-state index in [0.717, 1.165) is 67.0 Å². The maximum Gasteiger partial charge on any atom is 0.326 e. The molecule has 6 aromatic rings. The Labute approximate surface area is 299 Å². The summed E-state index contributed by atoms with van der Waals surface area (Å²) in [5.41, 5.74) is 11.3. The van der Waals surface area contributed by atoms with Gasteiger partial charge in [-0.1, -0.05) is 95.1 Å². The Kier molecular flexibility index (Phi) is 10.9. The highest BCUT2D eigenvalue weighted by atomic mass is 31.2. The zero-order valence-electron chi connectivity index (χ0n) is 30.1. The van der Waals surface area contributed by atoms with Crippen molar-refractivity contribution < 1.29 is 18.1 Å². The topological polar surface area (TPSA) is 36.9 Å². The van der Waals surface area contributed by atoms with Crippen molar-refractivity contribution in [2.45, 2.75) is 55.4 Å². The predicted molar refractivity (Wildman–Crippen MR) is 211 cm³/mol. The van der Waals surface area contributed by atoms with Crippen LogP contribution in [-0.2, 0) is 0 Å². The summed E-state index contributed by atoms with van der Waals surface area (Å²) in [6.45, 7) is 16.7. The molecule has 0 spiro atoms. The Balaban J connectivity index is 1.27. The third kappa shape index (κ3) is 8.56. The van der Waals surface area contributed by atoms with Gasteiger partial charge in [0.15, 0.2) is 0 Å². The zero-order valence-corrected chi connectivity index (χ0v) is 31.9. The number of rotatable bonds is 11. The number of aryl methyl sites for hydroxylation is 8. The molecule has 0 aliphatic rings. The van der Waals surface area contributed by atoms with Gasteiger partial charge in [0.05, 0.1) is 10.6 Å². The van der Waals surface area contributed by atoms with Gasteiger partial charge in [-0.2, -0.15) is 0 Å². The molecule has 0 saturated carbocycles. The second-order valence-electron chi connectivity index (χ2n) is 13.0. The van der Waals surface area contributed by atoms with Crippen LogP contribution in [0, 0.1) is 55.4 Å². The van der Waals surface area contributed by atoms with Gasteiger partial charge in [-0.3, -0.25) is 0 Å². The molecule has 4 nitrogen and oxygen atoms in total. The van der Waals surface area contributed by atoms with Crippen molar-refractivity contribution in [2.24, 2.45) is 0 Å². The fourth-order valence-corrected chi connectivity index (χ4v) is 8.58. The van der Waals surface area contributed by atoms with E-state index >= 15 is 0 Å². The SMILES string of the molecule is Cc1ccc(OP(Oc2ccc(C)cc2C)c2ccc(-c3ccc(P(Oc4ccc(C)cc4C)Oc4ccc(C)cc4C)cc3)cc2)c(C)c1. The lowest BCUT2D eigenvalue weighted by atomic mass is 10.1. The van der Waals surface area contributed by atoms with Gasteiger partial charge in [0.1, 0.15) is 23.0 Å². The summed E-state index contributed by atoms with van der Waals surface area (Å²) in [6, 6.07) is 42.0. The van der Waals surface area contributed by atoms with Crippen LogP contribution in [0.2, 0.25) is 0 Å². The molecule has 0 unspecified atom stereocenters. The minimum absolute atomic E-state index is 0.828. The zero-order chi connectivity index (χ0) is 35.4. The van der Waals surface area contributed by atoms with E-state index in [1.807, 2.05) is 24.3 Å². The van der Waals surface area contributed by atoms with Crippen LogP contribution >= 0.6 is 16.8 Å². The lowest BCUT2D eigenvalue weighted by Gasteiger charge is -2.22. The van der Waals surface area contributed by atoms with Crippen molar-refractivity contribution in [1.82, 2.24) is 0 Å². The lowest BCUT2D eigenvalue weighted by molar-refractivity contribution is 0.497. The molecular formula is C44H44O4P2. The summed E-state index contributed by atoms with van der Waals surface area (Å²) in [5, 5.41) is 1.99. The van der Waals surface area contributed by atoms with E-state index in [0.29, 0.717) is 0 Å². The quantitative estimate of drug-likeness (QED) is 0.126. The van der Waals surface area contributed by atoms with Crippen LogP contribution in [0.5, 0.6) is 23.0 Å². The first-order chi connectivity index (χ1) is 24.0. The highest BCUT2D eigenvalue weighted by Crippen LogP contribution is 2.44. The summed E-state index contributed by atoms with van der Waals surface area (Å²) >= 11 is 0.